The Kier molecular flexibility index (Phi) is 7.60. The molecule has 5 nitrogen and oxygen atoms in total. The summed E-state index contributed by atoms with van der Waals surface area (Å²) in [7, 11) is 0. The lowest BCUT2D eigenvalue weighted by molar-refractivity contribution is -0.470. The minimum Gasteiger partial charge on any atom is -0.481 e. The fourth-order valence-corrected chi connectivity index (χ4v) is 4.07. The average molecular weight is 383 g/mol. The number of aliphatic carboxylic acids is 1. The van der Waals surface area contributed by atoms with Gasteiger partial charge in [-0.1, -0.05) is 60.7 Å². The molecule has 0 amide bonds. The fourth-order valence-electron chi connectivity index (χ4n) is 4.07. The molecule has 0 radical (unpaired) electrons. The molecule has 28 heavy (non-hydrogen) atoms. The summed E-state index contributed by atoms with van der Waals surface area (Å²) in [5, 5.41) is 12.8. The third-order valence-electron chi connectivity index (χ3n) is 5.63. The highest BCUT2D eigenvalue weighted by Crippen LogP contribution is 2.23. The molecular weight excluding hydrogens is 350 g/mol. The van der Waals surface area contributed by atoms with Gasteiger partial charge in [0, 0.05) is 25.6 Å². The van der Waals surface area contributed by atoms with Gasteiger partial charge in [-0.2, -0.15) is 0 Å². The molecule has 3 rings (SSSR count). The minimum absolute atomic E-state index is 0.157. The van der Waals surface area contributed by atoms with Crippen LogP contribution < -0.4 is 11.1 Å². The number of carboxylic acid groups (broad SMARTS) is 1. The van der Waals surface area contributed by atoms with Crippen molar-refractivity contribution < 1.29 is 15.6 Å². The van der Waals surface area contributed by atoms with Crippen molar-refractivity contribution in [1.82, 2.24) is 10.2 Å². The molecule has 5 N–H and O–H groups in total. The van der Waals surface area contributed by atoms with Crippen molar-refractivity contribution in [2.24, 2.45) is 0 Å². The molecule has 1 fully saturated rings. The quantitative estimate of drug-likeness (QED) is 0.622. The Morgan fingerprint density at radius 3 is 2.43 bits per heavy atom. The van der Waals surface area contributed by atoms with E-state index < -0.39 is 5.97 Å². The number of quaternary nitrogens is 1. The topological polar surface area (TPSA) is 80.2 Å². The van der Waals surface area contributed by atoms with Crippen LogP contribution in [-0.4, -0.2) is 41.3 Å². The molecule has 2 aromatic rings. The number of hydrogen-bond donors (Lipinski definition) is 3. The molecule has 3 atom stereocenters. The second-order valence-electron chi connectivity index (χ2n) is 7.67. The zero-order valence-electron chi connectivity index (χ0n) is 16.5. The van der Waals surface area contributed by atoms with E-state index in [2.05, 4.69) is 70.5 Å². The Labute approximate surface area is 167 Å². The van der Waals surface area contributed by atoms with Crippen molar-refractivity contribution in [2.45, 2.75) is 50.4 Å². The third kappa shape index (κ3) is 5.89. The Morgan fingerprint density at radius 1 is 1.07 bits per heavy atom. The molecule has 0 aromatic heterocycles. The van der Waals surface area contributed by atoms with Crippen LogP contribution in [0.3, 0.4) is 0 Å². The maximum Gasteiger partial charge on any atom is 0.303 e. The van der Waals surface area contributed by atoms with Gasteiger partial charge >= 0.3 is 5.97 Å². The van der Waals surface area contributed by atoms with Crippen LogP contribution in [0.4, 0.5) is 0 Å². The number of nitrogens with one attached hydrogen (secondary N) is 1. The Hall–Kier alpha value is -2.21. The van der Waals surface area contributed by atoms with Crippen molar-refractivity contribution in [2.75, 3.05) is 13.1 Å². The molecule has 1 aliphatic rings. The van der Waals surface area contributed by atoms with Gasteiger partial charge in [0.2, 0.25) is 0 Å². The van der Waals surface area contributed by atoms with Crippen molar-refractivity contribution in [3.8, 4) is 0 Å². The summed E-state index contributed by atoms with van der Waals surface area (Å²) in [5.74, 6) is -0.727. The van der Waals surface area contributed by atoms with Gasteiger partial charge in [0.25, 0.3) is 0 Å². The second-order valence-corrected chi connectivity index (χ2v) is 7.67. The third-order valence-corrected chi connectivity index (χ3v) is 5.63. The van der Waals surface area contributed by atoms with Crippen molar-refractivity contribution >= 4 is 5.97 Å². The van der Waals surface area contributed by atoms with E-state index in [1.165, 1.54) is 11.1 Å². The van der Waals surface area contributed by atoms with Crippen LogP contribution in [0.25, 0.3) is 0 Å². The van der Waals surface area contributed by atoms with Gasteiger partial charge in [0.05, 0.1) is 6.04 Å². The Bertz CT molecular complexity index is 723. The molecule has 150 valence electrons. The van der Waals surface area contributed by atoms with Crippen LogP contribution in [-0.2, 0) is 11.2 Å². The van der Waals surface area contributed by atoms with E-state index in [0.717, 1.165) is 32.4 Å². The molecule has 1 saturated heterocycles. The zero-order valence-corrected chi connectivity index (χ0v) is 16.5. The number of aryl methyl sites for hydroxylation is 1. The van der Waals surface area contributed by atoms with Gasteiger partial charge in [-0.25, -0.2) is 0 Å². The van der Waals surface area contributed by atoms with Crippen molar-refractivity contribution in [3.05, 3.63) is 71.8 Å². The van der Waals surface area contributed by atoms with Gasteiger partial charge < -0.3 is 10.8 Å². The number of carbonyl (C=O) groups is 1. The second kappa shape index (κ2) is 10.4. The number of hydrogen-bond acceptors (Lipinski definition) is 3. The summed E-state index contributed by atoms with van der Waals surface area (Å²) in [6, 6.07) is 21.7. The van der Waals surface area contributed by atoms with E-state index in [1.54, 1.807) is 0 Å². The van der Waals surface area contributed by atoms with Crippen LogP contribution in [0, 0.1) is 0 Å². The SMILES string of the molecule is [NH3+]C1C(CCCc2ccccc2)NC(c2ccccc2)CN1CCCC(=O)O. The first-order valence-corrected chi connectivity index (χ1v) is 10.3. The first-order chi connectivity index (χ1) is 13.6. The molecule has 0 spiro atoms. The molecule has 5 heteroatoms. The maximum atomic E-state index is 10.9. The van der Waals surface area contributed by atoms with Gasteiger partial charge in [-0.05, 0) is 36.8 Å². The number of carboxylic acids is 1. The predicted molar refractivity (Wildman–Crippen MR) is 111 cm³/mol. The molecule has 0 aliphatic carbocycles. The summed E-state index contributed by atoms with van der Waals surface area (Å²) >= 11 is 0. The lowest BCUT2D eigenvalue weighted by atomic mass is 9.95. The molecule has 3 unspecified atom stereocenters. The first kappa shape index (κ1) is 20.5. The minimum atomic E-state index is -0.727. The summed E-state index contributed by atoms with van der Waals surface area (Å²) in [6.45, 7) is 1.65. The largest absolute Gasteiger partial charge is 0.481 e. The molecule has 2 aromatic carbocycles. The number of rotatable bonds is 9. The van der Waals surface area contributed by atoms with Gasteiger partial charge in [0.1, 0.15) is 0 Å². The van der Waals surface area contributed by atoms with Crippen LogP contribution in [0.15, 0.2) is 60.7 Å². The van der Waals surface area contributed by atoms with Crippen LogP contribution in [0.2, 0.25) is 0 Å². The van der Waals surface area contributed by atoms with Crippen LogP contribution in [0.5, 0.6) is 0 Å². The highest BCUT2D eigenvalue weighted by molar-refractivity contribution is 5.66. The number of nitrogens with zero attached hydrogens (tertiary/aromatic N) is 1. The standard InChI is InChI=1S/C23H31N3O2/c24-23-20(14-7-11-18-9-3-1-4-10-18)25-21(19-12-5-2-6-13-19)17-26(23)16-8-15-22(27)28/h1-6,9-10,12-13,20-21,23,25H,7-8,11,14-17,24H2,(H,27,28)/p+1. The van der Waals surface area contributed by atoms with E-state index in [1.807, 2.05) is 6.07 Å². The van der Waals surface area contributed by atoms with E-state index in [9.17, 15) is 4.79 Å². The monoisotopic (exact) mass is 382 g/mol. The highest BCUT2D eigenvalue weighted by atomic mass is 16.4. The van der Waals surface area contributed by atoms with E-state index in [0.29, 0.717) is 12.5 Å². The normalized spacial score (nSPS) is 22.8. The van der Waals surface area contributed by atoms with Gasteiger partial charge in [-0.15, -0.1) is 0 Å². The summed E-state index contributed by atoms with van der Waals surface area (Å²) in [5.41, 5.74) is 7.08. The molecular formula is C23H32N3O2+. The first-order valence-electron chi connectivity index (χ1n) is 10.3. The van der Waals surface area contributed by atoms with Crippen LogP contribution >= 0.6 is 0 Å². The summed E-state index contributed by atoms with van der Waals surface area (Å²) in [6.07, 6.45) is 4.27. The zero-order chi connectivity index (χ0) is 19.8. The average Bonchev–Trinajstić information content (AvgIpc) is 2.71. The van der Waals surface area contributed by atoms with Crippen molar-refractivity contribution in [1.29, 1.82) is 0 Å². The van der Waals surface area contributed by atoms with E-state index in [-0.39, 0.29) is 18.6 Å². The Balaban J connectivity index is 1.63. The van der Waals surface area contributed by atoms with Gasteiger partial charge in [0.15, 0.2) is 6.17 Å². The molecule has 1 heterocycles. The van der Waals surface area contributed by atoms with E-state index >= 15 is 0 Å². The number of benzene rings is 2. The summed E-state index contributed by atoms with van der Waals surface area (Å²) < 4.78 is 0. The maximum absolute atomic E-state index is 10.9. The smallest absolute Gasteiger partial charge is 0.303 e. The Morgan fingerprint density at radius 2 is 1.75 bits per heavy atom. The highest BCUT2D eigenvalue weighted by Gasteiger charge is 2.35. The predicted octanol–water partition coefficient (Wildman–Crippen LogP) is 2.46. The van der Waals surface area contributed by atoms with E-state index in [4.69, 9.17) is 5.11 Å². The lowest BCUT2D eigenvalue weighted by Crippen LogP contribution is -2.79. The van der Waals surface area contributed by atoms with Crippen LogP contribution in [0.1, 0.15) is 42.9 Å². The molecule has 0 saturated carbocycles. The lowest BCUT2D eigenvalue weighted by Gasteiger charge is -2.42. The number of piperazine rings is 1. The van der Waals surface area contributed by atoms with Crippen molar-refractivity contribution in [3.63, 3.8) is 0 Å². The molecule has 0 bridgehead atoms. The van der Waals surface area contributed by atoms with Gasteiger partial charge in [-0.3, -0.25) is 15.0 Å². The molecule has 1 aliphatic heterocycles. The fraction of sp³-hybridized carbons (Fsp3) is 0.435. The summed E-state index contributed by atoms with van der Waals surface area (Å²) in [4.78, 5) is 13.3.